The molecule has 1 amide bonds. The Labute approximate surface area is 164 Å². The first-order chi connectivity index (χ1) is 13.5. The molecule has 6 heteroatoms. The van der Waals surface area contributed by atoms with Gasteiger partial charge in [0.1, 0.15) is 12.5 Å². The lowest BCUT2D eigenvalue weighted by Crippen LogP contribution is -2.40. The summed E-state index contributed by atoms with van der Waals surface area (Å²) in [6.45, 7) is 3.48. The van der Waals surface area contributed by atoms with E-state index in [0.29, 0.717) is 0 Å². The molecule has 0 saturated carbocycles. The number of hydrogen-bond donors (Lipinski definition) is 1. The molecule has 0 saturated heterocycles. The van der Waals surface area contributed by atoms with Crippen molar-refractivity contribution in [3.8, 4) is 11.1 Å². The van der Waals surface area contributed by atoms with Crippen molar-refractivity contribution in [3.05, 3.63) is 60.2 Å². The van der Waals surface area contributed by atoms with E-state index < -0.39 is 23.8 Å². The smallest absolute Gasteiger partial charge is 0.325 e. The third kappa shape index (κ3) is 6.23. The molecular weight excluding hydrogens is 358 g/mol. The Morgan fingerprint density at radius 2 is 1.46 bits per heavy atom. The molecule has 6 nitrogen and oxygen atoms in total. The molecule has 0 heterocycles. The summed E-state index contributed by atoms with van der Waals surface area (Å²) in [6.07, 6.45) is 0.183. The van der Waals surface area contributed by atoms with Crippen molar-refractivity contribution >= 4 is 17.8 Å². The molecule has 28 heavy (non-hydrogen) atoms. The van der Waals surface area contributed by atoms with Crippen LogP contribution in [0.15, 0.2) is 54.6 Å². The highest BCUT2D eigenvalue weighted by Crippen LogP contribution is 2.20. The zero-order chi connectivity index (χ0) is 20.4. The van der Waals surface area contributed by atoms with E-state index in [1.807, 2.05) is 54.6 Å². The highest BCUT2D eigenvalue weighted by molar-refractivity contribution is 5.99. The number of carbonyl (C=O) groups is 3. The molecule has 2 aromatic rings. The first-order valence-electron chi connectivity index (χ1n) is 9.29. The minimum Gasteiger partial charge on any atom is -0.465 e. The highest BCUT2D eigenvalue weighted by atomic mass is 16.5. The van der Waals surface area contributed by atoms with Gasteiger partial charge in [-0.3, -0.25) is 14.4 Å². The molecule has 0 spiro atoms. The fourth-order valence-corrected chi connectivity index (χ4v) is 2.72. The van der Waals surface area contributed by atoms with Gasteiger partial charge in [-0.25, -0.2) is 0 Å². The van der Waals surface area contributed by atoms with Crippen molar-refractivity contribution in [2.24, 2.45) is 5.92 Å². The number of carbonyl (C=O) groups excluding carboxylic acids is 3. The Kier molecular flexibility index (Phi) is 8.21. The zero-order valence-electron chi connectivity index (χ0n) is 16.1. The van der Waals surface area contributed by atoms with Crippen LogP contribution >= 0.6 is 0 Å². The van der Waals surface area contributed by atoms with Crippen molar-refractivity contribution in [2.75, 3.05) is 19.8 Å². The zero-order valence-corrected chi connectivity index (χ0v) is 16.1. The summed E-state index contributed by atoms with van der Waals surface area (Å²) in [5.74, 6) is -2.75. The molecule has 2 aromatic carbocycles. The van der Waals surface area contributed by atoms with Gasteiger partial charge >= 0.3 is 11.9 Å². The minimum atomic E-state index is -1.03. The summed E-state index contributed by atoms with van der Waals surface area (Å²) < 4.78 is 9.81. The largest absolute Gasteiger partial charge is 0.465 e. The number of hydrogen-bond acceptors (Lipinski definition) is 5. The molecule has 0 aliphatic carbocycles. The number of rotatable bonds is 9. The van der Waals surface area contributed by atoms with Crippen LogP contribution in [0.1, 0.15) is 19.4 Å². The summed E-state index contributed by atoms with van der Waals surface area (Å²) in [6, 6.07) is 17.6. The van der Waals surface area contributed by atoms with Crippen LogP contribution in [0.3, 0.4) is 0 Å². The van der Waals surface area contributed by atoms with Crippen molar-refractivity contribution < 1.29 is 23.9 Å². The molecule has 0 radical (unpaired) electrons. The molecule has 2 rings (SSSR count). The topological polar surface area (TPSA) is 81.7 Å². The van der Waals surface area contributed by atoms with E-state index in [-0.39, 0.29) is 26.2 Å². The maximum Gasteiger partial charge on any atom is 0.325 e. The molecule has 0 fully saturated rings. The second-order valence-electron chi connectivity index (χ2n) is 6.09. The first-order valence-corrected chi connectivity index (χ1v) is 9.29. The van der Waals surface area contributed by atoms with E-state index in [1.165, 1.54) is 0 Å². The Morgan fingerprint density at radius 1 is 0.857 bits per heavy atom. The fraction of sp³-hybridized carbons (Fsp3) is 0.318. The van der Waals surface area contributed by atoms with Gasteiger partial charge in [0.25, 0.3) is 0 Å². The lowest BCUT2D eigenvalue weighted by atomic mass is 9.96. The number of esters is 2. The minimum absolute atomic E-state index is 0.174. The molecule has 1 N–H and O–H groups in total. The van der Waals surface area contributed by atoms with Crippen LogP contribution in [-0.2, 0) is 30.3 Å². The predicted molar refractivity (Wildman–Crippen MR) is 105 cm³/mol. The molecule has 0 bridgehead atoms. The standard InChI is InChI=1S/C22H25NO5/c1-3-27-20(24)15-23-21(25)19(22(26)28-4-2)14-16-10-12-18(13-11-16)17-8-6-5-7-9-17/h5-13,19H,3-4,14-15H2,1-2H3,(H,23,25). The molecule has 0 aliphatic rings. The molecule has 1 atom stereocenters. The van der Waals surface area contributed by atoms with E-state index in [0.717, 1.165) is 16.7 Å². The van der Waals surface area contributed by atoms with Crippen LogP contribution in [0.5, 0.6) is 0 Å². The quantitative estimate of drug-likeness (QED) is 0.532. The summed E-state index contributed by atoms with van der Waals surface area (Å²) in [5.41, 5.74) is 2.95. The lowest BCUT2D eigenvalue weighted by molar-refractivity contribution is -0.153. The molecular formula is C22H25NO5. The molecule has 0 aliphatic heterocycles. The third-order valence-corrected chi connectivity index (χ3v) is 4.10. The molecule has 0 aromatic heterocycles. The van der Waals surface area contributed by atoms with Gasteiger partial charge in [0, 0.05) is 0 Å². The van der Waals surface area contributed by atoms with Gasteiger partial charge in [-0.2, -0.15) is 0 Å². The SMILES string of the molecule is CCOC(=O)CNC(=O)C(Cc1ccc(-c2ccccc2)cc1)C(=O)OCC. The van der Waals surface area contributed by atoms with Crippen LogP contribution in [0.4, 0.5) is 0 Å². The van der Waals surface area contributed by atoms with Crippen LogP contribution in [0, 0.1) is 5.92 Å². The van der Waals surface area contributed by atoms with Crippen molar-refractivity contribution in [1.29, 1.82) is 0 Å². The van der Waals surface area contributed by atoms with Crippen molar-refractivity contribution in [3.63, 3.8) is 0 Å². The first kappa shape index (κ1) is 21.2. The third-order valence-electron chi connectivity index (χ3n) is 4.10. The fourth-order valence-electron chi connectivity index (χ4n) is 2.72. The summed E-state index contributed by atoms with van der Waals surface area (Å²) in [4.78, 5) is 36.1. The number of ether oxygens (including phenoxy) is 2. The second-order valence-corrected chi connectivity index (χ2v) is 6.09. The van der Waals surface area contributed by atoms with Gasteiger partial charge in [0.05, 0.1) is 13.2 Å². The monoisotopic (exact) mass is 383 g/mol. The second kappa shape index (κ2) is 10.9. The summed E-state index contributed by atoms with van der Waals surface area (Å²) in [5, 5.41) is 2.45. The normalized spacial score (nSPS) is 11.4. The maximum atomic E-state index is 12.4. The number of benzene rings is 2. The van der Waals surface area contributed by atoms with Crippen LogP contribution in [0.25, 0.3) is 11.1 Å². The average molecular weight is 383 g/mol. The number of amides is 1. The Balaban J connectivity index is 2.08. The van der Waals surface area contributed by atoms with Crippen molar-refractivity contribution in [1.82, 2.24) is 5.32 Å². The molecule has 1 unspecified atom stereocenters. The summed E-state index contributed by atoms with van der Waals surface area (Å²) in [7, 11) is 0. The van der Waals surface area contributed by atoms with Gasteiger partial charge < -0.3 is 14.8 Å². The van der Waals surface area contributed by atoms with E-state index in [2.05, 4.69) is 5.32 Å². The van der Waals surface area contributed by atoms with Crippen LogP contribution < -0.4 is 5.32 Å². The van der Waals surface area contributed by atoms with E-state index in [1.54, 1.807) is 13.8 Å². The van der Waals surface area contributed by atoms with Gasteiger partial charge in [-0.1, -0.05) is 54.6 Å². The average Bonchev–Trinajstić information content (AvgIpc) is 2.71. The van der Waals surface area contributed by atoms with Crippen molar-refractivity contribution in [2.45, 2.75) is 20.3 Å². The Bertz CT molecular complexity index is 786. The Morgan fingerprint density at radius 3 is 2.07 bits per heavy atom. The maximum absolute atomic E-state index is 12.4. The molecule has 148 valence electrons. The number of nitrogens with one attached hydrogen (secondary N) is 1. The van der Waals surface area contributed by atoms with Gasteiger partial charge in [-0.15, -0.1) is 0 Å². The van der Waals surface area contributed by atoms with E-state index in [9.17, 15) is 14.4 Å². The van der Waals surface area contributed by atoms with Gasteiger partial charge in [0.15, 0.2) is 0 Å². The van der Waals surface area contributed by atoms with Gasteiger partial charge in [-0.05, 0) is 37.0 Å². The van der Waals surface area contributed by atoms with Gasteiger partial charge in [0.2, 0.25) is 5.91 Å². The Hall–Kier alpha value is -3.15. The van der Waals surface area contributed by atoms with Crippen LogP contribution in [0.2, 0.25) is 0 Å². The summed E-state index contributed by atoms with van der Waals surface area (Å²) >= 11 is 0. The van der Waals surface area contributed by atoms with Crippen LogP contribution in [-0.4, -0.2) is 37.6 Å². The predicted octanol–water partition coefficient (Wildman–Crippen LogP) is 2.75. The van der Waals surface area contributed by atoms with E-state index in [4.69, 9.17) is 9.47 Å². The lowest BCUT2D eigenvalue weighted by Gasteiger charge is -2.16. The highest BCUT2D eigenvalue weighted by Gasteiger charge is 2.28. The van der Waals surface area contributed by atoms with E-state index >= 15 is 0 Å².